The highest BCUT2D eigenvalue weighted by atomic mass is 35.5. The Morgan fingerprint density at radius 2 is 1.85 bits per heavy atom. The summed E-state index contributed by atoms with van der Waals surface area (Å²) in [5.74, 6) is 0.103. The quantitative estimate of drug-likeness (QED) is 0.727. The van der Waals surface area contributed by atoms with Gasteiger partial charge < -0.3 is 10.2 Å². The molecule has 7 heteroatoms. The van der Waals surface area contributed by atoms with Crippen LogP contribution in [0.2, 0.25) is 0 Å². The van der Waals surface area contributed by atoms with Crippen molar-refractivity contribution in [3.8, 4) is 5.69 Å². The maximum absolute atomic E-state index is 12.7. The number of hydrogen-bond acceptors (Lipinski definition) is 3. The van der Waals surface area contributed by atoms with Gasteiger partial charge in [0, 0.05) is 36.9 Å². The number of benzene rings is 2. The van der Waals surface area contributed by atoms with Crippen LogP contribution in [0.1, 0.15) is 17.3 Å². The molecule has 5 nitrogen and oxygen atoms in total. The number of nitrogens with zero attached hydrogens (tertiary/aromatic N) is 3. The minimum absolute atomic E-state index is 0. The SMILES string of the molecule is C[C@@H]1CNCCN1C(=O)c1ccc(-n2cnc3ccccc32)cc1.Cl.Cl. The topological polar surface area (TPSA) is 50.2 Å². The van der Waals surface area contributed by atoms with E-state index in [1.54, 1.807) is 0 Å². The van der Waals surface area contributed by atoms with Crippen molar-refractivity contribution in [3.63, 3.8) is 0 Å². The largest absolute Gasteiger partial charge is 0.333 e. The summed E-state index contributed by atoms with van der Waals surface area (Å²) in [7, 11) is 0. The lowest BCUT2D eigenvalue weighted by Crippen LogP contribution is -2.52. The normalized spacial score (nSPS) is 16.7. The molecule has 1 aromatic heterocycles. The molecule has 1 atom stereocenters. The molecule has 1 N–H and O–H groups in total. The third-order valence-electron chi connectivity index (χ3n) is 4.61. The van der Waals surface area contributed by atoms with Gasteiger partial charge in [0.05, 0.1) is 11.0 Å². The first kappa shape index (κ1) is 20.2. The fraction of sp³-hybridized carbons (Fsp3) is 0.263. The number of carbonyl (C=O) groups excluding carboxylic acids is 1. The molecular weight excluding hydrogens is 371 g/mol. The summed E-state index contributed by atoms with van der Waals surface area (Å²) in [5, 5.41) is 3.31. The average Bonchev–Trinajstić information content (AvgIpc) is 3.06. The van der Waals surface area contributed by atoms with E-state index in [9.17, 15) is 4.79 Å². The van der Waals surface area contributed by atoms with Gasteiger partial charge in [-0.3, -0.25) is 9.36 Å². The molecule has 2 aromatic carbocycles. The second-order valence-electron chi connectivity index (χ2n) is 6.20. The number of nitrogens with one attached hydrogen (secondary N) is 1. The number of hydrogen-bond donors (Lipinski definition) is 1. The highest BCUT2D eigenvalue weighted by Crippen LogP contribution is 2.19. The Morgan fingerprint density at radius 3 is 2.58 bits per heavy atom. The lowest BCUT2D eigenvalue weighted by Gasteiger charge is -2.34. The summed E-state index contributed by atoms with van der Waals surface area (Å²) in [6.45, 7) is 4.55. The van der Waals surface area contributed by atoms with Crippen molar-refractivity contribution >= 4 is 41.8 Å². The molecule has 0 saturated carbocycles. The van der Waals surface area contributed by atoms with Gasteiger partial charge in [0.25, 0.3) is 5.91 Å². The molecule has 2 heterocycles. The molecule has 1 fully saturated rings. The molecular formula is C19H22Cl2N4O. The third-order valence-corrected chi connectivity index (χ3v) is 4.61. The van der Waals surface area contributed by atoms with E-state index in [1.165, 1.54) is 0 Å². The fourth-order valence-electron chi connectivity index (χ4n) is 3.24. The van der Waals surface area contributed by atoms with E-state index < -0.39 is 0 Å². The highest BCUT2D eigenvalue weighted by Gasteiger charge is 2.23. The van der Waals surface area contributed by atoms with Gasteiger partial charge in [-0.2, -0.15) is 0 Å². The van der Waals surface area contributed by atoms with Crippen molar-refractivity contribution < 1.29 is 4.79 Å². The lowest BCUT2D eigenvalue weighted by molar-refractivity contribution is 0.0656. The maximum Gasteiger partial charge on any atom is 0.254 e. The Labute approximate surface area is 165 Å². The molecule has 3 aromatic rings. The number of amides is 1. The summed E-state index contributed by atoms with van der Waals surface area (Å²) in [6.07, 6.45) is 1.82. The maximum atomic E-state index is 12.7. The first-order valence-electron chi connectivity index (χ1n) is 8.28. The van der Waals surface area contributed by atoms with Crippen LogP contribution in [0, 0.1) is 0 Å². The summed E-state index contributed by atoms with van der Waals surface area (Å²) in [5.41, 5.74) is 3.77. The summed E-state index contributed by atoms with van der Waals surface area (Å²) >= 11 is 0. The summed E-state index contributed by atoms with van der Waals surface area (Å²) in [6, 6.07) is 16.0. The van der Waals surface area contributed by atoms with Crippen molar-refractivity contribution in [1.82, 2.24) is 19.8 Å². The zero-order chi connectivity index (χ0) is 16.5. The number of aromatic nitrogens is 2. The average molecular weight is 393 g/mol. The van der Waals surface area contributed by atoms with E-state index >= 15 is 0 Å². The second kappa shape index (κ2) is 8.54. The zero-order valence-electron chi connectivity index (χ0n) is 14.5. The fourth-order valence-corrected chi connectivity index (χ4v) is 3.24. The molecule has 1 aliphatic rings. The minimum atomic E-state index is 0. The number of piperazine rings is 1. The van der Waals surface area contributed by atoms with Gasteiger partial charge in [-0.1, -0.05) is 12.1 Å². The molecule has 1 saturated heterocycles. The molecule has 0 aliphatic carbocycles. The van der Waals surface area contributed by atoms with Crippen LogP contribution in [-0.4, -0.2) is 46.0 Å². The third kappa shape index (κ3) is 3.70. The Hall–Kier alpha value is -2.08. The van der Waals surface area contributed by atoms with Crippen LogP contribution in [0.4, 0.5) is 0 Å². The number of imidazole rings is 1. The molecule has 1 amide bonds. The molecule has 1 aliphatic heterocycles. The number of halogens is 2. The number of carbonyl (C=O) groups is 1. The van der Waals surface area contributed by atoms with Gasteiger partial charge >= 0.3 is 0 Å². The molecule has 4 rings (SSSR count). The Morgan fingerprint density at radius 1 is 1.12 bits per heavy atom. The van der Waals surface area contributed by atoms with E-state index in [4.69, 9.17) is 0 Å². The standard InChI is InChI=1S/C19H20N4O.2ClH/c1-14-12-20-10-11-22(14)19(24)15-6-8-16(9-7-15)23-13-21-17-4-2-3-5-18(17)23;;/h2-9,13-14,20H,10-12H2,1H3;2*1H/t14-;;/m1../s1. The predicted octanol–water partition coefficient (Wildman–Crippen LogP) is 3.30. The Kier molecular flexibility index (Phi) is 6.64. The molecule has 0 radical (unpaired) electrons. The minimum Gasteiger partial charge on any atom is -0.333 e. The van der Waals surface area contributed by atoms with Crippen molar-refractivity contribution in [2.75, 3.05) is 19.6 Å². The Bertz CT molecular complexity index is 879. The second-order valence-corrected chi connectivity index (χ2v) is 6.20. The van der Waals surface area contributed by atoms with Crippen LogP contribution < -0.4 is 5.32 Å². The summed E-state index contributed by atoms with van der Waals surface area (Å²) in [4.78, 5) is 19.1. The van der Waals surface area contributed by atoms with E-state index in [-0.39, 0.29) is 36.8 Å². The zero-order valence-corrected chi connectivity index (χ0v) is 16.1. The van der Waals surface area contributed by atoms with E-state index in [0.717, 1.165) is 41.9 Å². The molecule has 0 unspecified atom stereocenters. The molecule has 26 heavy (non-hydrogen) atoms. The van der Waals surface area contributed by atoms with Gasteiger partial charge in [-0.25, -0.2) is 4.98 Å². The van der Waals surface area contributed by atoms with Crippen LogP contribution in [0.25, 0.3) is 16.7 Å². The van der Waals surface area contributed by atoms with Gasteiger partial charge in [0.1, 0.15) is 6.33 Å². The van der Waals surface area contributed by atoms with Crippen LogP contribution in [-0.2, 0) is 0 Å². The van der Waals surface area contributed by atoms with Gasteiger partial charge in [-0.15, -0.1) is 24.8 Å². The highest BCUT2D eigenvalue weighted by molar-refractivity contribution is 5.94. The summed E-state index contributed by atoms with van der Waals surface area (Å²) < 4.78 is 2.04. The predicted molar refractivity (Wildman–Crippen MR) is 109 cm³/mol. The van der Waals surface area contributed by atoms with Gasteiger partial charge in [0.15, 0.2) is 0 Å². The molecule has 0 bridgehead atoms. The first-order valence-corrected chi connectivity index (χ1v) is 8.28. The number of para-hydroxylation sites is 2. The van der Waals surface area contributed by atoms with E-state index in [1.807, 2.05) is 64.3 Å². The van der Waals surface area contributed by atoms with Crippen LogP contribution >= 0.6 is 24.8 Å². The molecule has 138 valence electrons. The molecule has 0 spiro atoms. The van der Waals surface area contributed by atoms with Crippen molar-refractivity contribution in [1.29, 1.82) is 0 Å². The first-order chi connectivity index (χ1) is 11.7. The number of fused-ring (bicyclic) bond motifs is 1. The Balaban J connectivity index is 0.00000121. The monoisotopic (exact) mass is 392 g/mol. The number of rotatable bonds is 2. The van der Waals surface area contributed by atoms with E-state index in [0.29, 0.717) is 0 Å². The van der Waals surface area contributed by atoms with Crippen LogP contribution in [0.15, 0.2) is 54.9 Å². The van der Waals surface area contributed by atoms with Crippen molar-refractivity contribution in [2.45, 2.75) is 13.0 Å². The van der Waals surface area contributed by atoms with Crippen LogP contribution in [0.5, 0.6) is 0 Å². The van der Waals surface area contributed by atoms with Gasteiger partial charge in [-0.05, 0) is 43.3 Å². The van der Waals surface area contributed by atoms with Crippen molar-refractivity contribution in [2.24, 2.45) is 0 Å². The smallest absolute Gasteiger partial charge is 0.254 e. The van der Waals surface area contributed by atoms with Crippen LogP contribution in [0.3, 0.4) is 0 Å². The lowest BCUT2D eigenvalue weighted by atomic mass is 10.1. The van der Waals surface area contributed by atoms with Gasteiger partial charge in [0.2, 0.25) is 0 Å². The van der Waals surface area contributed by atoms with Crippen molar-refractivity contribution in [3.05, 3.63) is 60.4 Å². The van der Waals surface area contributed by atoms with E-state index in [2.05, 4.69) is 17.2 Å².